The van der Waals surface area contributed by atoms with E-state index in [1.807, 2.05) is 12.1 Å². The number of likely N-dealkylation sites (tertiary alicyclic amines) is 2. The minimum atomic E-state index is -1.49. The van der Waals surface area contributed by atoms with Crippen LogP contribution in [0.15, 0.2) is 24.3 Å². The standard InChI is InChI=1S/C31H38FN5O6/c1-30(2,3)25(35-29(41)42-4)27(39)36-14-20-17-9-19(21(32)10-17)23(20)24(36)26(38)37-15-31(11-18(37)12-33)28(40)34-13-16-7-5-6-8-22(16)43-31/h5-8,17-21,23-25H,9-11,13-15H2,1-4H3,(H,34,40)(H,35,41). The normalized spacial score (nSPS) is 34.9. The Morgan fingerprint density at radius 1 is 1.21 bits per heavy atom. The van der Waals surface area contributed by atoms with E-state index in [4.69, 9.17) is 9.47 Å². The second-order valence-electron chi connectivity index (χ2n) is 13.7. The molecule has 3 heterocycles. The maximum absolute atomic E-state index is 15.2. The number of hydrogen-bond acceptors (Lipinski definition) is 7. The lowest BCUT2D eigenvalue weighted by atomic mass is 9.77. The summed E-state index contributed by atoms with van der Waals surface area (Å²) in [6, 6.07) is 6.35. The van der Waals surface area contributed by atoms with Gasteiger partial charge in [0.2, 0.25) is 17.4 Å². The van der Waals surface area contributed by atoms with Crippen molar-refractivity contribution in [2.24, 2.45) is 29.1 Å². The lowest BCUT2D eigenvalue weighted by molar-refractivity contribution is -0.149. The molecule has 1 aromatic carbocycles. The first-order valence-corrected chi connectivity index (χ1v) is 14.9. The van der Waals surface area contributed by atoms with E-state index in [0.29, 0.717) is 18.6 Å². The maximum atomic E-state index is 15.2. The summed E-state index contributed by atoms with van der Waals surface area (Å²) in [7, 11) is 1.21. The highest BCUT2D eigenvalue weighted by Crippen LogP contribution is 2.59. The fourth-order valence-corrected chi connectivity index (χ4v) is 8.21. The minimum Gasteiger partial charge on any atom is -0.475 e. The third-order valence-electron chi connectivity index (χ3n) is 10.3. The fraction of sp³-hybridized carbons (Fsp3) is 0.645. The molecule has 5 aliphatic rings. The number of carbonyl (C=O) groups is 4. The number of nitrogens with zero attached hydrogens (tertiary/aromatic N) is 3. The summed E-state index contributed by atoms with van der Waals surface area (Å²) in [5.41, 5.74) is -1.44. The summed E-state index contributed by atoms with van der Waals surface area (Å²) in [5.74, 6) is -1.72. The van der Waals surface area contributed by atoms with Gasteiger partial charge in [0.1, 0.15) is 30.0 Å². The third-order valence-corrected chi connectivity index (χ3v) is 10.3. The molecule has 1 spiro atoms. The van der Waals surface area contributed by atoms with E-state index in [1.54, 1.807) is 32.9 Å². The van der Waals surface area contributed by atoms with E-state index < -0.39 is 65.0 Å². The highest BCUT2D eigenvalue weighted by molar-refractivity contribution is 5.94. The molecule has 4 amide bonds. The number of benzene rings is 1. The predicted octanol–water partition coefficient (Wildman–Crippen LogP) is 2.15. The van der Waals surface area contributed by atoms with Gasteiger partial charge in [-0.2, -0.15) is 5.26 Å². The van der Waals surface area contributed by atoms with Crippen LogP contribution in [0, 0.1) is 40.4 Å². The van der Waals surface area contributed by atoms with Crippen molar-refractivity contribution in [3.63, 3.8) is 0 Å². The largest absolute Gasteiger partial charge is 0.475 e. The molecule has 12 heteroatoms. The molecule has 9 atom stereocenters. The first-order valence-electron chi connectivity index (χ1n) is 14.9. The molecule has 2 saturated carbocycles. The van der Waals surface area contributed by atoms with Crippen LogP contribution in [0.3, 0.4) is 0 Å². The summed E-state index contributed by atoms with van der Waals surface area (Å²) < 4.78 is 26.3. The van der Waals surface area contributed by atoms with Gasteiger partial charge in [0.15, 0.2) is 0 Å². The monoisotopic (exact) mass is 595 g/mol. The van der Waals surface area contributed by atoms with Crippen molar-refractivity contribution in [3.05, 3.63) is 29.8 Å². The summed E-state index contributed by atoms with van der Waals surface area (Å²) >= 11 is 0. The van der Waals surface area contributed by atoms with Gasteiger partial charge in [-0.05, 0) is 48.0 Å². The molecule has 0 radical (unpaired) electrons. The van der Waals surface area contributed by atoms with Crippen LogP contribution in [0.1, 0.15) is 45.6 Å². The Kier molecular flexibility index (Phi) is 7.05. The summed E-state index contributed by atoms with van der Waals surface area (Å²) in [4.78, 5) is 57.4. The van der Waals surface area contributed by atoms with Crippen molar-refractivity contribution in [3.8, 4) is 11.8 Å². The number of halogens is 1. The quantitative estimate of drug-likeness (QED) is 0.546. The number of fused-ring (bicyclic) bond motifs is 6. The van der Waals surface area contributed by atoms with E-state index in [2.05, 4.69) is 16.7 Å². The highest BCUT2D eigenvalue weighted by Gasteiger charge is 2.65. The molecule has 2 aliphatic carbocycles. The van der Waals surface area contributed by atoms with Crippen LogP contribution < -0.4 is 15.4 Å². The van der Waals surface area contributed by atoms with E-state index in [-0.39, 0.29) is 43.8 Å². The van der Waals surface area contributed by atoms with Gasteiger partial charge in [-0.15, -0.1) is 0 Å². The topological polar surface area (TPSA) is 141 Å². The SMILES string of the molecule is COC(=O)NC(C(=O)N1CC2C3CC(F)C(C3)C2C1C(=O)N1CC2(CC1C#N)Oc1ccccc1CNC2=O)C(C)(C)C. The smallest absolute Gasteiger partial charge is 0.407 e. The van der Waals surface area contributed by atoms with Gasteiger partial charge < -0.3 is 29.9 Å². The first kappa shape index (κ1) is 29.2. The van der Waals surface area contributed by atoms with Crippen LogP contribution in [-0.2, 0) is 25.7 Å². The molecule has 9 unspecified atom stereocenters. The van der Waals surface area contributed by atoms with Gasteiger partial charge in [0.25, 0.3) is 5.91 Å². The van der Waals surface area contributed by atoms with Crippen molar-refractivity contribution in [1.29, 1.82) is 5.26 Å². The van der Waals surface area contributed by atoms with Crippen molar-refractivity contribution in [2.75, 3.05) is 20.2 Å². The average Bonchev–Trinajstić information content (AvgIpc) is 3.71. The molecule has 1 aromatic rings. The van der Waals surface area contributed by atoms with Crippen molar-refractivity contribution >= 4 is 23.8 Å². The Balaban J connectivity index is 1.35. The van der Waals surface area contributed by atoms with Crippen molar-refractivity contribution < 1.29 is 33.0 Å². The van der Waals surface area contributed by atoms with Gasteiger partial charge in [0, 0.05) is 25.1 Å². The number of alkyl carbamates (subject to hydrolysis) is 1. The molecule has 0 aromatic heterocycles. The minimum absolute atomic E-state index is 0.0452. The predicted molar refractivity (Wildman–Crippen MR) is 150 cm³/mol. The molecule has 6 rings (SSSR count). The molecular formula is C31H38FN5O6. The number of nitrogens with one attached hydrogen (secondary N) is 2. The Bertz CT molecular complexity index is 1390. The zero-order valence-corrected chi connectivity index (χ0v) is 24.8. The average molecular weight is 596 g/mol. The molecule has 43 heavy (non-hydrogen) atoms. The van der Waals surface area contributed by atoms with E-state index >= 15 is 4.39 Å². The van der Waals surface area contributed by atoms with Crippen LogP contribution in [0.4, 0.5) is 9.18 Å². The van der Waals surface area contributed by atoms with Crippen LogP contribution in [0.5, 0.6) is 5.75 Å². The number of methoxy groups -OCH3 is 1. The number of ether oxygens (including phenoxy) is 2. The number of nitriles is 1. The van der Waals surface area contributed by atoms with Gasteiger partial charge in [0.05, 0.1) is 19.7 Å². The molecule has 4 fully saturated rings. The number of alkyl halides is 1. The van der Waals surface area contributed by atoms with E-state index in [9.17, 15) is 24.4 Å². The molecular weight excluding hydrogens is 557 g/mol. The molecule has 2 N–H and O–H groups in total. The second-order valence-corrected chi connectivity index (χ2v) is 13.7. The Hall–Kier alpha value is -3.88. The molecule has 3 aliphatic heterocycles. The van der Waals surface area contributed by atoms with Gasteiger partial charge in [-0.1, -0.05) is 39.0 Å². The zero-order valence-electron chi connectivity index (χ0n) is 24.8. The lowest BCUT2D eigenvalue weighted by Crippen LogP contribution is -2.60. The fourth-order valence-electron chi connectivity index (χ4n) is 8.21. The summed E-state index contributed by atoms with van der Waals surface area (Å²) in [6.45, 7) is 5.72. The molecule has 230 valence electrons. The number of rotatable bonds is 3. The summed E-state index contributed by atoms with van der Waals surface area (Å²) in [6.07, 6.45) is -0.844. The number of para-hydroxylation sites is 1. The second kappa shape index (κ2) is 10.4. The van der Waals surface area contributed by atoms with Gasteiger partial charge in [-0.3, -0.25) is 14.4 Å². The van der Waals surface area contributed by atoms with Crippen LogP contribution in [0.2, 0.25) is 0 Å². The van der Waals surface area contributed by atoms with E-state index in [1.165, 1.54) is 16.9 Å². The number of hydrogen-bond donors (Lipinski definition) is 2. The highest BCUT2D eigenvalue weighted by atomic mass is 19.1. The Labute approximate surface area is 250 Å². The van der Waals surface area contributed by atoms with Crippen LogP contribution >= 0.6 is 0 Å². The zero-order chi connectivity index (χ0) is 30.8. The number of amides is 4. The molecule has 11 nitrogen and oxygen atoms in total. The van der Waals surface area contributed by atoms with Crippen molar-refractivity contribution in [1.82, 2.24) is 20.4 Å². The van der Waals surface area contributed by atoms with Crippen LogP contribution in [-0.4, -0.2) is 83.7 Å². The van der Waals surface area contributed by atoms with Gasteiger partial charge >= 0.3 is 6.09 Å². The summed E-state index contributed by atoms with van der Waals surface area (Å²) in [5, 5.41) is 15.7. The maximum Gasteiger partial charge on any atom is 0.407 e. The van der Waals surface area contributed by atoms with Crippen LogP contribution in [0.25, 0.3) is 0 Å². The van der Waals surface area contributed by atoms with E-state index in [0.717, 1.165) is 5.56 Å². The number of carbonyl (C=O) groups excluding carboxylic acids is 4. The molecule has 2 bridgehead atoms. The molecule has 2 saturated heterocycles. The van der Waals surface area contributed by atoms with Gasteiger partial charge in [-0.25, -0.2) is 9.18 Å². The third kappa shape index (κ3) is 4.68. The lowest BCUT2D eigenvalue weighted by Gasteiger charge is -2.38. The Morgan fingerprint density at radius 3 is 2.65 bits per heavy atom. The Morgan fingerprint density at radius 2 is 1.95 bits per heavy atom. The van der Waals surface area contributed by atoms with Crippen molar-refractivity contribution in [2.45, 2.75) is 76.5 Å². The first-order chi connectivity index (χ1) is 20.4.